The van der Waals surface area contributed by atoms with Gasteiger partial charge in [0.2, 0.25) is 0 Å². The van der Waals surface area contributed by atoms with E-state index in [9.17, 15) is 0 Å². The second-order valence-electron chi connectivity index (χ2n) is 10.6. The predicted molar refractivity (Wildman–Crippen MR) is 176 cm³/mol. The SMILES string of the molecule is CCC(CC)[SiH2]C#Cc1c2cc3ccccc3cc2c(C#C[SiH2]C(CC)CC)c2cc3ccccc3cc12. The Hall–Kier alpha value is -3.31. The average Bonchev–Trinajstić information content (AvgIpc) is 2.96. The second kappa shape index (κ2) is 12.0. The third kappa shape index (κ3) is 5.30. The molecule has 190 valence electrons. The summed E-state index contributed by atoms with van der Waals surface area (Å²) in [6.45, 7) is 9.24. The van der Waals surface area contributed by atoms with Gasteiger partial charge in [0.05, 0.1) is 0 Å². The van der Waals surface area contributed by atoms with Crippen molar-refractivity contribution in [3.05, 3.63) is 83.9 Å². The van der Waals surface area contributed by atoms with Crippen molar-refractivity contribution in [2.24, 2.45) is 0 Å². The van der Waals surface area contributed by atoms with E-state index in [0.717, 1.165) is 11.1 Å². The van der Waals surface area contributed by atoms with E-state index in [2.05, 4.69) is 123 Å². The molecule has 0 radical (unpaired) electrons. The second-order valence-corrected chi connectivity index (χ2v) is 14.4. The minimum atomic E-state index is -0.455. The van der Waals surface area contributed by atoms with Crippen molar-refractivity contribution in [3.63, 3.8) is 0 Å². The van der Waals surface area contributed by atoms with Gasteiger partial charge in [-0.25, -0.2) is 0 Å². The molecule has 5 aromatic rings. The summed E-state index contributed by atoms with van der Waals surface area (Å²) < 4.78 is 0. The van der Waals surface area contributed by atoms with Crippen LogP contribution in [0.25, 0.3) is 43.1 Å². The molecule has 2 heteroatoms. The molecule has 0 spiro atoms. The molecule has 5 aromatic carbocycles. The smallest absolute Gasteiger partial charge is 0.110 e. The normalized spacial score (nSPS) is 11.9. The molecule has 0 saturated heterocycles. The standard InChI is InChI=1S/C36H38Si2/c1-5-29(6-2)37-19-17-31-33-21-25-13-9-11-15-27(25)23-35(33)32(18-20-38-30(7-3)8-4)36-24-28-16-12-10-14-26(28)22-34(31)36/h9-16,21-24,29-30H,5-8,37-38H2,1-4H3. The van der Waals surface area contributed by atoms with Crippen LogP contribution in [0.3, 0.4) is 0 Å². The van der Waals surface area contributed by atoms with Crippen molar-refractivity contribution in [1.29, 1.82) is 0 Å². The number of rotatable bonds is 6. The first-order valence-corrected chi connectivity index (χ1v) is 17.5. The van der Waals surface area contributed by atoms with Crippen LogP contribution in [0.4, 0.5) is 0 Å². The van der Waals surface area contributed by atoms with E-state index >= 15 is 0 Å². The molecule has 0 heterocycles. The molecule has 0 unspecified atom stereocenters. The summed E-state index contributed by atoms with van der Waals surface area (Å²) in [5.41, 5.74) is 11.4. The zero-order valence-electron chi connectivity index (χ0n) is 23.3. The molecule has 0 amide bonds. The summed E-state index contributed by atoms with van der Waals surface area (Å²) in [7, 11) is -0.909. The van der Waals surface area contributed by atoms with Crippen molar-refractivity contribution in [3.8, 4) is 22.9 Å². The molecule has 0 aliphatic carbocycles. The van der Waals surface area contributed by atoms with Gasteiger partial charge in [0.15, 0.2) is 0 Å². The molecule has 0 nitrogen and oxygen atoms in total. The molecule has 0 aliphatic heterocycles. The zero-order chi connectivity index (χ0) is 26.5. The minimum absolute atomic E-state index is 0.455. The van der Waals surface area contributed by atoms with E-state index in [4.69, 9.17) is 0 Å². The van der Waals surface area contributed by atoms with Crippen LogP contribution in [0, 0.1) is 22.9 Å². The largest absolute Gasteiger partial charge is 0.134 e. The molecule has 0 bridgehead atoms. The third-order valence-corrected chi connectivity index (χ3v) is 12.6. The van der Waals surface area contributed by atoms with Gasteiger partial charge >= 0.3 is 0 Å². The van der Waals surface area contributed by atoms with E-state index in [1.165, 1.54) is 79.9 Å². The first kappa shape index (κ1) is 26.3. The lowest BCUT2D eigenvalue weighted by atomic mass is 9.89. The van der Waals surface area contributed by atoms with Gasteiger partial charge in [-0.05, 0) is 78.4 Å². The number of hydrogen-bond acceptors (Lipinski definition) is 0. The van der Waals surface area contributed by atoms with Crippen LogP contribution in [-0.4, -0.2) is 19.0 Å². The maximum absolute atomic E-state index is 3.75. The van der Waals surface area contributed by atoms with Gasteiger partial charge in [0.25, 0.3) is 0 Å². The maximum atomic E-state index is 3.75. The van der Waals surface area contributed by atoms with Gasteiger partial charge in [-0.15, -0.1) is 11.1 Å². The molecule has 0 saturated carbocycles. The van der Waals surface area contributed by atoms with Gasteiger partial charge in [-0.2, -0.15) is 0 Å². The molecule has 0 fully saturated rings. The number of hydrogen-bond donors (Lipinski definition) is 0. The number of fused-ring (bicyclic) bond motifs is 4. The van der Waals surface area contributed by atoms with Crippen molar-refractivity contribution in [1.82, 2.24) is 0 Å². The summed E-state index contributed by atoms with van der Waals surface area (Å²) in [5, 5.41) is 10.1. The average molecular weight is 527 g/mol. The van der Waals surface area contributed by atoms with Crippen LogP contribution in [0.1, 0.15) is 64.5 Å². The van der Waals surface area contributed by atoms with Crippen LogP contribution >= 0.6 is 0 Å². The molecule has 38 heavy (non-hydrogen) atoms. The topological polar surface area (TPSA) is 0 Å². The van der Waals surface area contributed by atoms with Gasteiger partial charge in [0, 0.05) is 11.1 Å². The molecular weight excluding hydrogens is 489 g/mol. The predicted octanol–water partition coefficient (Wildman–Crippen LogP) is 8.47. The van der Waals surface area contributed by atoms with Crippen LogP contribution in [0.5, 0.6) is 0 Å². The lowest BCUT2D eigenvalue weighted by Crippen LogP contribution is -1.99. The summed E-state index contributed by atoms with van der Waals surface area (Å²) in [5.74, 6) is 7.50. The quantitative estimate of drug-likeness (QED) is 0.118. The summed E-state index contributed by atoms with van der Waals surface area (Å²) in [6.07, 6.45) is 4.96. The Morgan fingerprint density at radius 3 is 1.05 bits per heavy atom. The maximum Gasteiger partial charge on any atom is 0.110 e. The zero-order valence-corrected chi connectivity index (χ0v) is 26.2. The highest BCUT2D eigenvalue weighted by Crippen LogP contribution is 2.37. The Morgan fingerprint density at radius 2 is 0.789 bits per heavy atom. The van der Waals surface area contributed by atoms with Crippen molar-refractivity contribution in [2.45, 2.75) is 64.5 Å². The highest BCUT2D eigenvalue weighted by Gasteiger charge is 2.15. The fourth-order valence-corrected chi connectivity index (χ4v) is 7.88. The van der Waals surface area contributed by atoms with Gasteiger partial charge < -0.3 is 0 Å². The third-order valence-electron chi connectivity index (χ3n) is 8.37. The fourth-order valence-electron chi connectivity index (χ4n) is 5.59. The molecule has 0 atom stereocenters. The summed E-state index contributed by atoms with van der Waals surface area (Å²) in [4.78, 5) is 0. The highest BCUT2D eigenvalue weighted by atomic mass is 28.2. The lowest BCUT2D eigenvalue weighted by molar-refractivity contribution is 0.764. The van der Waals surface area contributed by atoms with E-state index < -0.39 is 19.0 Å². The van der Waals surface area contributed by atoms with Gasteiger partial charge in [-0.1, -0.05) is 114 Å². The molecule has 5 rings (SSSR count). The number of benzene rings is 5. The Labute approximate surface area is 232 Å². The monoisotopic (exact) mass is 526 g/mol. The van der Waals surface area contributed by atoms with Crippen molar-refractivity contribution < 1.29 is 0 Å². The van der Waals surface area contributed by atoms with Crippen LogP contribution < -0.4 is 0 Å². The summed E-state index contributed by atoms with van der Waals surface area (Å²) in [6, 6.07) is 26.9. The van der Waals surface area contributed by atoms with Crippen LogP contribution in [-0.2, 0) is 0 Å². The molecular formula is C36H38Si2. The molecule has 0 aliphatic rings. The van der Waals surface area contributed by atoms with Crippen LogP contribution in [0.15, 0.2) is 72.8 Å². The van der Waals surface area contributed by atoms with Crippen LogP contribution in [0.2, 0.25) is 11.1 Å². The Morgan fingerprint density at radius 1 is 0.500 bits per heavy atom. The first-order valence-electron chi connectivity index (χ1n) is 14.4. The Kier molecular flexibility index (Phi) is 8.33. The fraction of sp³-hybridized carbons (Fsp3) is 0.278. The van der Waals surface area contributed by atoms with Crippen molar-refractivity contribution in [2.75, 3.05) is 0 Å². The van der Waals surface area contributed by atoms with E-state index in [1.807, 2.05) is 0 Å². The molecule has 0 N–H and O–H groups in total. The Balaban J connectivity index is 1.86. The Bertz CT molecular complexity index is 1510. The van der Waals surface area contributed by atoms with Gasteiger partial charge in [0.1, 0.15) is 19.0 Å². The summed E-state index contributed by atoms with van der Waals surface area (Å²) >= 11 is 0. The van der Waals surface area contributed by atoms with E-state index in [0.29, 0.717) is 0 Å². The highest BCUT2D eigenvalue weighted by molar-refractivity contribution is 6.48. The van der Waals surface area contributed by atoms with Gasteiger partial charge in [-0.3, -0.25) is 0 Å². The molecule has 0 aromatic heterocycles. The van der Waals surface area contributed by atoms with Crippen molar-refractivity contribution >= 4 is 62.1 Å². The van der Waals surface area contributed by atoms with E-state index in [1.54, 1.807) is 0 Å². The first-order chi connectivity index (χ1) is 18.7. The van der Waals surface area contributed by atoms with E-state index in [-0.39, 0.29) is 0 Å². The minimum Gasteiger partial charge on any atom is -0.134 e. The lowest BCUT2D eigenvalue weighted by Gasteiger charge is -2.14.